The Morgan fingerprint density at radius 3 is 2.34 bits per heavy atom. The first-order valence-corrected chi connectivity index (χ1v) is 14.0. The van der Waals surface area contributed by atoms with Crippen LogP contribution >= 0.6 is 0 Å². The van der Waals surface area contributed by atoms with Gasteiger partial charge in [0.15, 0.2) is 0 Å². The van der Waals surface area contributed by atoms with Crippen molar-refractivity contribution < 1.29 is 22.7 Å². The summed E-state index contributed by atoms with van der Waals surface area (Å²) in [7, 11) is -2.40. The van der Waals surface area contributed by atoms with Gasteiger partial charge in [0, 0.05) is 44.0 Å². The van der Waals surface area contributed by atoms with E-state index < -0.39 is 16.1 Å². The molecule has 2 aliphatic rings. The first-order chi connectivity index (χ1) is 18.3. The highest BCUT2D eigenvalue weighted by atomic mass is 32.2. The summed E-state index contributed by atoms with van der Waals surface area (Å²) in [6, 6.07) is 20.2. The van der Waals surface area contributed by atoms with E-state index >= 15 is 0 Å². The molecule has 38 heavy (non-hydrogen) atoms. The zero-order valence-corrected chi connectivity index (χ0v) is 21.9. The average molecular weight is 535 g/mol. The van der Waals surface area contributed by atoms with Crippen molar-refractivity contribution in [2.75, 3.05) is 43.5 Å². The van der Waals surface area contributed by atoms with Gasteiger partial charge in [0.05, 0.1) is 12.0 Å². The minimum atomic E-state index is -4.03. The van der Waals surface area contributed by atoms with Crippen molar-refractivity contribution in [2.45, 2.75) is 23.8 Å². The van der Waals surface area contributed by atoms with E-state index in [1.165, 1.54) is 6.07 Å². The Hall–Kier alpha value is -3.89. The van der Waals surface area contributed by atoms with Gasteiger partial charge in [-0.2, -0.15) is 4.72 Å². The minimum absolute atomic E-state index is 0.0606. The maximum atomic E-state index is 13.7. The molecule has 3 aromatic rings. The van der Waals surface area contributed by atoms with Gasteiger partial charge >= 0.3 is 0 Å². The molecule has 2 heterocycles. The van der Waals surface area contributed by atoms with Crippen LogP contribution in [0.2, 0.25) is 0 Å². The number of carbonyl (C=O) groups excluding carboxylic acids is 2. The van der Waals surface area contributed by atoms with Crippen molar-refractivity contribution in [3.05, 3.63) is 83.9 Å². The Balaban J connectivity index is 1.33. The van der Waals surface area contributed by atoms with E-state index in [2.05, 4.69) is 14.9 Å². The highest BCUT2D eigenvalue weighted by Gasteiger charge is 2.33. The number of benzene rings is 3. The van der Waals surface area contributed by atoms with Crippen LogP contribution in [0.5, 0.6) is 5.75 Å². The molecule has 0 aromatic heterocycles. The van der Waals surface area contributed by atoms with E-state index in [0.29, 0.717) is 50.3 Å². The van der Waals surface area contributed by atoms with Crippen molar-refractivity contribution in [1.29, 1.82) is 0 Å². The quantitative estimate of drug-likeness (QED) is 0.483. The monoisotopic (exact) mass is 534 g/mol. The lowest BCUT2D eigenvalue weighted by molar-refractivity contribution is -0.133. The summed E-state index contributed by atoms with van der Waals surface area (Å²) < 4.78 is 34.8. The number of hydrogen-bond donors (Lipinski definition) is 2. The molecule has 0 spiro atoms. The number of aryl methyl sites for hydroxylation is 1. The molecular formula is C28H30N4O5S. The van der Waals surface area contributed by atoms with E-state index in [0.717, 1.165) is 17.0 Å². The number of nitrogens with one attached hydrogen (secondary N) is 2. The molecule has 0 saturated carbocycles. The van der Waals surface area contributed by atoms with E-state index in [9.17, 15) is 18.0 Å². The topological polar surface area (TPSA) is 108 Å². The third-order valence-corrected chi connectivity index (χ3v) is 8.38. The normalized spacial score (nSPS) is 16.4. The molecule has 198 valence electrons. The van der Waals surface area contributed by atoms with Crippen molar-refractivity contribution in [3.63, 3.8) is 0 Å². The molecule has 9 nitrogen and oxygen atoms in total. The molecule has 1 atom stereocenters. The van der Waals surface area contributed by atoms with Gasteiger partial charge in [0.25, 0.3) is 0 Å². The SMILES string of the molecule is COc1ccc(N2CCN(C(=O)C(NS(=O)(=O)c3ccc4c(c3)CCC(=O)N4)c3ccccc3)CC2)cc1. The number of amides is 2. The highest BCUT2D eigenvalue weighted by Crippen LogP contribution is 2.27. The number of nitrogens with zero attached hydrogens (tertiary/aromatic N) is 2. The Labute approximate surface area is 222 Å². The number of hydrogen-bond acceptors (Lipinski definition) is 6. The fourth-order valence-electron chi connectivity index (χ4n) is 4.82. The lowest BCUT2D eigenvalue weighted by Crippen LogP contribution is -2.52. The molecule has 2 N–H and O–H groups in total. The largest absolute Gasteiger partial charge is 0.497 e. The van der Waals surface area contributed by atoms with Gasteiger partial charge in [-0.05, 0) is 60.0 Å². The number of carbonyl (C=O) groups is 2. The first kappa shape index (κ1) is 25.7. The summed E-state index contributed by atoms with van der Waals surface area (Å²) >= 11 is 0. The van der Waals surface area contributed by atoms with Gasteiger partial charge in [-0.3, -0.25) is 9.59 Å². The number of fused-ring (bicyclic) bond motifs is 1. The Kier molecular flexibility index (Phi) is 7.35. The number of piperazine rings is 1. The number of methoxy groups -OCH3 is 1. The summed E-state index contributed by atoms with van der Waals surface area (Å²) in [5.41, 5.74) is 2.99. The molecule has 1 saturated heterocycles. The maximum absolute atomic E-state index is 13.7. The molecule has 0 bridgehead atoms. The Bertz CT molecular complexity index is 1420. The Morgan fingerprint density at radius 2 is 1.66 bits per heavy atom. The number of ether oxygens (including phenoxy) is 1. The van der Waals surface area contributed by atoms with Gasteiger partial charge in [-0.25, -0.2) is 8.42 Å². The zero-order chi connectivity index (χ0) is 26.7. The molecule has 2 aliphatic heterocycles. The number of sulfonamides is 1. The number of rotatable bonds is 7. The van der Waals surface area contributed by atoms with Crippen molar-refractivity contribution >= 4 is 33.2 Å². The third-order valence-electron chi connectivity index (χ3n) is 6.96. The summed E-state index contributed by atoms with van der Waals surface area (Å²) in [5, 5.41) is 2.76. The Morgan fingerprint density at radius 1 is 0.947 bits per heavy atom. The van der Waals surface area contributed by atoms with E-state index in [-0.39, 0.29) is 16.7 Å². The second-order valence-corrected chi connectivity index (χ2v) is 11.1. The fourth-order valence-corrected chi connectivity index (χ4v) is 6.05. The molecule has 2 amide bonds. The predicted molar refractivity (Wildman–Crippen MR) is 145 cm³/mol. The number of anilines is 2. The van der Waals surface area contributed by atoms with Gasteiger partial charge in [0.1, 0.15) is 11.8 Å². The van der Waals surface area contributed by atoms with Crippen molar-refractivity contribution in [2.24, 2.45) is 0 Å². The molecule has 5 rings (SSSR count). The summed E-state index contributed by atoms with van der Waals surface area (Å²) in [5.74, 6) is 0.400. The minimum Gasteiger partial charge on any atom is -0.497 e. The van der Waals surface area contributed by atoms with Gasteiger partial charge in [0.2, 0.25) is 21.8 Å². The molecule has 3 aromatic carbocycles. The van der Waals surface area contributed by atoms with Crippen LogP contribution in [0, 0.1) is 0 Å². The van der Waals surface area contributed by atoms with Crippen LogP contribution in [0.15, 0.2) is 77.7 Å². The van der Waals surface area contributed by atoms with Crippen LogP contribution in [0.4, 0.5) is 11.4 Å². The molecule has 1 unspecified atom stereocenters. The van der Waals surface area contributed by atoms with Crippen LogP contribution in [0.25, 0.3) is 0 Å². The van der Waals surface area contributed by atoms with E-state index in [1.54, 1.807) is 48.4 Å². The molecule has 0 aliphatic carbocycles. The van der Waals surface area contributed by atoms with E-state index in [1.807, 2.05) is 30.3 Å². The molecule has 1 fully saturated rings. The van der Waals surface area contributed by atoms with Gasteiger partial charge < -0.3 is 19.9 Å². The average Bonchev–Trinajstić information content (AvgIpc) is 2.96. The highest BCUT2D eigenvalue weighted by molar-refractivity contribution is 7.89. The van der Waals surface area contributed by atoms with Crippen LogP contribution < -0.4 is 19.7 Å². The summed E-state index contributed by atoms with van der Waals surface area (Å²) in [6.07, 6.45) is 0.765. The lowest BCUT2D eigenvalue weighted by atomic mass is 10.0. The second-order valence-electron chi connectivity index (χ2n) is 9.34. The molecule has 0 radical (unpaired) electrons. The van der Waals surface area contributed by atoms with E-state index in [4.69, 9.17) is 4.74 Å². The van der Waals surface area contributed by atoms with Crippen LogP contribution in [0.3, 0.4) is 0 Å². The lowest BCUT2D eigenvalue weighted by Gasteiger charge is -2.37. The fraction of sp³-hybridized carbons (Fsp3) is 0.286. The van der Waals surface area contributed by atoms with Crippen molar-refractivity contribution in [3.8, 4) is 5.75 Å². The van der Waals surface area contributed by atoms with Crippen LogP contribution in [-0.2, 0) is 26.0 Å². The van der Waals surface area contributed by atoms with Gasteiger partial charge in [-0.15, -0.1) is 0 Å². The second kappa shape index (κ2) is 10.8. The summed E-state index contributed by atoms with van der Waals surface area (Å²) in [4.78, 5) is 29.4. The maximum Gasteiger partial charge on any atom is 0.245 e. The van der Waals surface area contributed by atoms with Crippen LogP contribution in [0.1, 0.15) is 23.6 Å². The standard InChI is InChI=1S/C28H30N4O5S/c1-37-23-10-8-22(9-11-23)31-15-17-32(18-16-31)28(34)27(20-5-3-2-4-6-20)30-38(35,36)24-12-13-25-21(19-24)7-14-26(33)29-25/h2-6,8-13,19,27,30H,7,14-18H2,1H3,(H,29,33). The third kappa shape index (κ3) is 5.51. The zero-order valence-electron chi connectivity index (χ0n) is 21.1. The molecular weight excluding hydrogens is 504 g/mol. The smallest absolute Gasteiger partial charge is 0.245 e. The summed E-state index contributed by atoms with van der Waals surface area (Å²) in [6.45, 7) is 2.19. The first-order valence-electron chi connectivity index (χ1n) is 12.5. The van der Waals surface area contributed by atoms with Gasteiger partial charge in [-0.1, -0.05) is 30.3 Å². The van der Waals surface area contributed by atoms with Crippen molar-refractivity contribution in [1.82, 2.24) is 9.62 Å². The predicted octanol–water partition coefficient (Wildman–Crippen LogP) is 2.95. The molecule has 10 heteroatoms. The van der Waals surface area contributed by atoms with Crippen LogP contribution in [-0.4, -0.2) is 58.4 Å².